The molecule has 1 unspecified atom stereocenters. The Bertz CT molecular complexity index is 1020. The molecule has 31 heavy (non-hydrogen) atoms. The number of hydrogen-bond acceptors (Lipinski definition) is 5. The number of carbonyl (C=O) groups is 1. The minimum atomic E-state index is -0.290. The molecule has 0 bridgehead atoms. The van der Waals surface area contributed by atoms with E-state index in [0.717, 1.165) is 48.5 Å². The van der Waals surface area contributed by atoms with Gasteiger partial charge in [-0.05, 0) is 54.8 Å². The highest BCUT2D eigenvalue weighted by Gasteiger charge is 2.25. The van der Waals surface area contributed by atoms with Crippen molar-refractivity contribution in [2.24, 2.45) is 0 Å². The van der Waals surface area contributed by atoms with Crippen molar-refractivity contribution in [3.05, 3.63) is 83.0 Å². The third-order valence-electron chi connectivity index (χ3n) is 5.58. The van der Waals surface area contributed by atoms with E-state index in [1.54, 1.807) is 25.3 Å². The first-order chi connectivity index (χ1) is 15.1. The van der Waals surface area contributed by atoms with Crippen molar-refractivity contribution in [1.29, 1.82) is 0 Å². The largest absolute Gasteiger partial charge is 0.497 e. The molecule has 1 aliphatic heterocycles. The van der Waals surface area contributed by atoms with Gasteiger partial charge in [0.05, 0.1) is 12.8 Å². The quantitative estimate of drug-likeness (QED) is 0.619. The number of likely N-dealkylation sites (tertiary alicyclic amines) is 1. The van der Waals surface area contributed by atoms with Crippen LogP contribution in [0, 0.1) is 5.82 Å². The minimum Gasteiger partial charge on any atom is -0.497 e. The van der Waals surface area contributed by atoms with E-state index in [2.05, 4.69) is 15.4 Å². The van der Waals surface area contributed by atoms with Gasteiger partial charge in [0.1, 0.15) is 11.6 Å². The lowest BCUT2D eigenvalue weighted by Gasteiger charge is -2.31. The fraction of sp³-hybridized carbons (Fsp3) is 0.333. The second-order valence-electron chi connectivity index (χ2n) is 7.85. The molecule has 0 saturated carbocycles. The van der Waals surface area contributed by atoms with E-state index in [0.29, 0.717) is 13.1 Å². The van der Waals surface area contributed by atoms with Crippen LogP contribution in [0.3, 0.4) is 0 Å². The van der Waals surface area contributed by atoms with Gasteiger partial charge in [0.2, 0.25) is 5.76 Å². The van der Waals surface area contributed by atoms with E-state index in [9.17, 15) is 9.18 Å². The second kappa shape index (κ2) is 9.75. The first kappa shape index (κ1) is 21.1. The number of benzene rings is 2. The number of nitrogens with one attached hydrogen (secondary N) is 1. The van der Waals surface area contributed by atoms with Crippen LogP contribution in [0.4, 0.5) is 4.39 Å². The standard InChI is InChI=1S/C24H26FN3O3/c1-30-21-9-7-17(8-10-21)14-26-24(29)23-13-22(27-31-23)19-5-3-11-28(16-19)15-18-4-2-6-20(25)12-18/h2,4,6-10,12-13,19H,3,5,11,14-16H2,1H3,(H,26,29). The van der Waals surface area contributed by atoms with Crippen LogP contribution in [0.5, 0.6) is 5.75 Å². The number of halogens is 1. The molecule has 4 rings (SSSR count). The van der Waals surface area contributed by atoms with Gasteiger partial charge in [-0.2, -0.15) is 0 Å². The van der Waals surface area contributed by atoms with E-state index in [1.807, 2.05) is 30.3 Å². The molecule has 2 heterocycles. The van der Waals surface area contributed by atoms with Crippen LogP contribution >= 0.6 is 0 Å². The number of rotatable bonds is 7. The molecule has 162 valence electrons. The number of nitrogens with zero attached hydrogens (tertiary/aromatic N) is 2. The van der Waals surface area contributed by atoms with Gasteiger partial charge in [0.25, 0.3) is 5.91 Å². The molecule has 1 N–H and O–H groups in total. The fourth-order valence-corrected chi connectivity index (χ4v) is 3.94. The van der Waals surface area contributed by atoms with Crippen molar-refractivity contribution >= 4 is 5.91 Å². The number of aromatic nitrogens is 1. The van der Waals surface area contributed by atoms with Crippen LogP contribution in [0.2, 0.25) is 0 Å². The Morgan fingerprint density at radius 3 is 2.84 bits per heavy atom. The predicted molar refractivity (Wildman–Crippen MR) is 114 cm³/mol. The Labute approximate surface area is 181 Å². The highest BCUT2D eigenvalue weighted by Crippen LogP contribution is 2.27. The predicted octanol–water partition coefficient (Wildman–Crippen LogP) is 4.13. The summed E-state index contributed by atoms with van der Waals surface area (Å²) in [6.45, 7) is 2.85. The van der Waals surface area contributed by atoms with Gasteiger partial charge in [0.15, 0.2) is 0 Å². The van der Waals surface area contributed by atoms with Gasteiger partial charge in [0, 0.05) is 31.6 Å². The van der Waals surface area contributed by atoms with Crippen molar-refractivity contribution in [2.45, 2.75) is 31.8 Å². The van der Waals surface area contributed by atoms with Crippen molar-refractivity contribution in [3.63, 3.8) is 0 Å². The lowest BCUT2D eigenvalue weighted by Crippen LogP contribution is -2.34. The highest BCUT2D eigenvalue weighted by atomic mass is 19.1. The third-order valence-corrected chi connectivity index (χ3v) is 5.58. The summed E-state index contributed by atoms with van der Waals surface area (Å²) < 4.78 is 23.9. The van der Waals surface area contributed by atoms with Gasteiger partial charge in [-0.25, -0.2) is 4.39 Å². The van der Waals surface area contributed by atoms with Gasteiger partial charge >= 0.3 is 0 Å². The zero-order valence-corrected chi connectivity index (χ0v) is 17.5. The molecule has 1 saturated heterocycles. The van der Waals surface area contributed by atoms with Crippen molar-refractivity contribution < 1.29 is 18.4 Å². The first-order valence-corrected chi connectivity index (χ1v) is 10.5. The molecule has 0 radical (unpaired) electrons. The number of amides is 1. The summed E-state index contributed by atoms with van der Waals surface area (Å²) in [6.07, 6.45) is 2.00. The number of carbonyl (C=O) groups excluding carboxylic acids is 1. The van der Waals surface area contributed by atoms with Crippen LogP contribution in [0.1, 0.15) is 46.1 Å². The minimum absolute atomic E-state index is 0.189. The summed E-state index contributed by atoms with van der Waals surface area (Å²) in [7, 11) is 1.62. The molecular weight excluding hydrogens is 397 g/mol. The van der Waals surface area contributed by atoms with Crippen molar-refractivity contribution in [1.82, 2.24) is 15.4 Å². The summed E-state index contributed by atoms with van der Waals surface area (Å²) in [5.74, 6) is 0.670. The van der Waals surface area contributed by atoms with Gasteiger partial charge in [-0.3, -0.25) is 9.69 Å². The number of methoxy groups -OCH3 is 1. The maximum Gasteiger partial charge on any atom is 0.290 e. The van der Waals surface area contributed by atoms with Crippen LogP contribution in [0.15, 0.2) is 59.1 Å². The Morgan fingerprint density at radius 1 is 1.23 bits per heavy atom. The zero-order valence-electron chi connectivity index (χ0n) is 17.5. The Balaban J connectivity index is 1.33. The fourth-order valence-electron chi connectivity index (χ4n) is 3.94. The van der Waals surface area contributed by atoms with Crippen LogP contribution in [0.25, 0.3) is 0 Å². The molecule has 0 spiro atoms. The van der Waals surface area contributed by atoms with E-state index >= 15 is 0 Å². The van der Waals surface area contributed by atoms with E-state index in [-0.39, 0.29) is 23.4 Å². The Morgan fingerprint density at radius 2 is 2.06 bits per heavy atom. The monoisotopic (exact) mass is 423 g/mol. The first-order valence-electron chi connectivity index (χ1n) is 10.5. The molecule has 1 atom stereocenters. The molecule has 0 aliphatic carbocycles. The lowest BCUT2D eigenvalue weighted by molar-refractivity contribution is 0.0913. The van der Waals surface area contributed by atoms with Crippen LogP contribution < -0.4 is 10.1 Å². The van der Waals surface area contributed by atoms with Gasteiger partial charge < -0.3 is 14.6 Å². The molecule has 1 fully saturated rings. The molecular formula is C24H26FN3O3. The average molecular weight is 423 g/mol. The summed E-state index contributed by atoms with van der Waals surface area (Å²) in [5.41, 5.74) is 2.71. The van der Waals surface area contributed by atoms with Crippen LogP contribution in [-0.2, 0) is 13.1 Å². The smallest absolute Gasteiger partial charge is 0.290 e. The molecule has 7 heteroatoms. The van der Waals surface area contributed by atoms with Crippen molar-refractivity contribution in [3.8, 4) is 5.75 Å². The SMILES string of the molecule is COc1ccc(CNC(=O)c2cc(C3CCCN(Cc4cccc(F)c4)C3)no2)cc1. The van der Waals surface area contributed by atoms with E-state index in [4.69, 9.17) is 9.26 Å². The molecule has 1 aromatic heterocycles. The highest BCUT2D eigenvalue weighted by molar-refractivity contribution is 5.91. The second-order valence-corrected chi connectivity index (χ2v) is 7.85. The summed E-state index contributed by atoms with van der Waals surface area (Å²) in [6, 6.07) is 16.0. The molecule has 3 aromatic rings. The zero-order chi connectivity index (χ0) is 21.6. The Kier molecular flexibility index (Phi) is 6.62. The number of hydrogen-bond donors (Lipinski definition) is 1. The van der Waals surface area contributed by atoms with Gasteiger partial charge in [-0.15, -0.1) is 0 Å². The average Bonchev–Trinajstić information content (AvgIpc) is 3.29. The van der Waals surface area contributed by atoms with E-state index in [1.165, 1.54) is 6.07 Å². The number of piperidine rings is 1. The lowest BCUT2D eigenvalue weighted by atomic mass is 9.94. The molecule has 1 amide bonds. The van der Waals surface area contributed by atoms with Crippen LogP contribution in [-0.4, -0.2) is 36.2 Å². The van der Waals surface area contributed by atoms with E-state index < -0.39 is 0 Å². The molecule has 1 aliphatic rings. The summed E-state index contributed by atoms with van der Waals surface area (Å²) >= 11 is 0. The maximum atomic E-state index is 13.5. The maximum absolute atomic E-state index is 13.5. The normalized spacial score (nSPS) is 16.8. The van der Waals surface area contributed by atoms with Crippen molar-refractivity contribution in [2.75, 3.05) is 20.2 Å². The molecule has 6 nitrogen and oxygen atoms in total. The number of ether oxygens (including phenoxy) is 1. The Hall–Kier alpha value is -3.19. The third kappa shape index (κ3) is 5.49. The summed E-state index contributed by atoms with van der Waals surface area (Å²) in [5, 5.41) is 7.01. The van der Waals surface area contributed by atoms with Gasteiger partial charge in [-0.1, -0.05) is 29.4 Å². The summed E-state index contributed by atoms with van der Waals surface area (Å²) in [4.78, 5) is 14.8. The topological polar surface area (TPSA) is 67.6 Å². The molecule has 2 aromatic carbocycles.